The van der Waals surface area contributed by atoms with Crippen LogP contribution < -0.4 is 0 Å². The second-order valence-electron chi connectivity index (χ2n) is 15.1. The number of hydrogen-bond donors (Lipinski definition) is 0. The highest BCUT2D eigenvalue weighted by molar-refractivity contribution is 6.07. The number of fused-ring (bicyclic) bond motifs is 13. The van der Waals surface area contributed by atoms with Crippen LogP contribution in [0.1, 0.15) is 86.1 Å². The van der Waals surface area contributed by atoms with Gasteiger partial charge in [0.2, 0.25) is 0 Å². The van der Waals surface area contributed by atoms with Gasteiger partial charge in [-0.2, -0.15) is 0 Å². The molecule has 0 radical (unpaired) electrons. The van der Waals surface area contributed by atoms with Gasteiger partial charge in [0.1, 0.15) is 0 Å². The summed E-state index contributed by atoms with van der Waals surface area (Å²) in [5.41, 5.74) is 19.9. The van der Waals surface area contributed by atoms with E-state index in [0.29, 0.717) is 0 Å². The summed E-state index contributed by atoms with van der Waals surface area (Å²) < 4.78 is 0. The fourth-order valence-corrected chi connectivity index (χ4v) is 9.24. The van der Waals surface area contributed by atoms with Crippen molar-refractivity contribution in [2.24, 2.45) is 0 Å². The third-order valence-corrected chi connectivity index (χ3v) is 11.7. The highest BCUT2D eigenvalue weighted by Gasteiger charge is 2.45. The molecule has 0 aliphatic heterocycles. The van der Waals surface area contributed by atoms with E-state index in [0.717, 1.165) is 0 Å². The molecule has 0 saturated heterocycles. The minimum atomic E-state index is -0.0878. The van der Waals surface area contributed by atoms with Crippen LogP contribution in [-0.4, -0.2) is 0 Å². The summed E-state index contributed by atoms with van der Waals surface area (Å²) in [6.45, 7) is 19.1. The lowest BCUT2D eigenvalue weighted by Crippen LogP contribution is -2.17. The number of hydrogen-bond acceptors (Lipinski definition) is 0. The quantitative estimate of drug-likeness (QED) is 0.175. The van der Waals surface area contributed by atoms with Crippen molar-refractivity contribution < 1.29 is 0 Å². The van der Waals surface area contributed by atoms with Gasteiger partial charge in [0, 0.05) is 16.2 Å². The standard InChI is InChI=1S/C43H38/c1-23-17-37-39(27-15-11-9-13-25(23)27)31-21-33-29(19-35(31)42(37,5)6)30-20-36-32(22-34(30)41(33,3)4)40-28-16-12-10-14-26(28)24(2)18-38(40)43(36,7)8/h9-22H,1-8H3. The SMILES string of the molecule is Cc1cc2c(c3ccccc13)-c1cc3c(cc1C2(C)C)-c1cc2c(cc1C3(C)C)-c1c(cc(C)c3ccccc13)C2(C)C. The highest BCUT2D eigenvalue weighted by atomic mass is 14.5. The molecule has 43 heavy (non-hydrogen) atoms. The first-order valence-corrected chi connectivity index (χ1v) is 15.9. The van der Waals surface area contributed by atoms with Crippen LogP contribution in [0.15, 0.2) is 84.9 Å². The Morgan fingerprint density at radius 3 is 1.05 bits per heavy atom. The zero-order valence-corrected chi connectivity index (χ0v) is 26.6. The number of aryl methyl sites for hydroxylation is 2. The Morgan fingerprint density at radius 2 is 0.651 bits per heavy atom. The molecule has 3 aliphatic carbocycles. The van der Waals surface area contributed by atoms with Crippen molar-refractivity contribution in [3.05, 3.63) is 129 Å². The maximum Gasteiger partial charge on any atom is 0.0159 e. The Balaban J connectivity index is 1.33. The molecule has 0 unspecified atom stereocenters. The van der Waals surface area contributed by atoms with Crippen molar-refractivity contribution >= 4 is 21.5 Å². The molecule has 3 aliphatic rings. The van der Waals surface area contributed by atoms with Gasteiger partial charge in [-0.25, -0.2) is 0 Å². The average Bonchev–Trinajstić information content (AvgIpc) is 3.44. The molecule has 0 nitrogen and oxygen atoms in total. The van der Waals surface area contributed by atoms with Crippen molar-refractivity contribution in [1.82, 2.24) is 0 Å². The normalized spacial score (nSPS) is 17.4. The van der Waals surface area contributed by atoms with Gasteiger partial charge in [0.15, 0.2) is 0 Å². The van der Waals surface area contributed by atoms with Gasteiger partial charge >= 0.3 is 0 Å². The van der Waals surface area contributed by atoms with Crippen LogP contribution in [0.4, 0.5) is 0 Å². The summed E-state index contributed by atoms with van der Waals surface area (Å²) in [5, 5.41) is 5.51. The molecule has 0 N–H and O–H groups in total. The van der Waals surface area contributed by atoms with Gasteiger partial charge in [-0.1, -0.05) is 102 Å². The maximum atomic E-state index is 2.57. The fraction of sp³-hybridized carbons (Fsp3) is 0.256. The molecule has 0 aromatic heterocycles. The molecular weight excluding hydrogens is 516 g/mol. The van der Waals surface area contributed by atoms with Gasteiger partial charge in [-0.05, 0) is 138 Å². The molecule has 0 heteroatoms. The molecule has 0 heterocycles. The monoisotopic (exact) mass is 554 g/mol. The zero-order valence-electron chi connectivity index (χ0n) is 26.6. The van der Waals surface area contributed by atoms with Crippen LogP contribution >= 0.6 is 0 Å². The Hall–Kier alpha value is -4.16. The molecular formula is C43H38. The third kappa shape index (κ3) is 2.88. The van der Waals surface area contributed by atoms with Crippen LogP contribution in [0.3, 0.4) is 0 Å². The van der Waals surface area contributed by atoms with Crippen LogP contribution in [0.25, 0.3) is 54.9 Å². The lowest BCUT2D eigenvalue weighted by Gasteiger charge is -2.25. The molecule has 0 amide bonds. The van der Waals surface area contributed by atoms with Crippen LogP contribution in [0.2, 0.25) is 0 Å². The second kappa shape index (κ2) is 7.67. The molecule has 9 rings (SSSR count). The first-order chi connectivity index (χ1) is 20.4. The van der Waals surface area contributed by atoms with Gasteiger partial charge < -0.3 is 0 Å². The Labute approximate surface area is 255 Å². The smallest absolute Gasteiger partial charge is 0.0159 e. The lowest BCUT2D eigenvalue weighted by molar-refractivity contribution is 0.649. The Bertz CT molecular complexity index is 2110. The lowest BCUT2D eigenvalue weighted by atomic mass is 9.78. The third-order valence-electron chi connectivity index (χ3n) is 11.7. The summed E-state index contributed by atoms with van der Waals surface area (Å²) in [5.74, 6) is 0. The number of benzene rings is 6. The Morgan fingerprint density at radius 1 is 0.349 bits per heavy atom. The summed E-state index contributed by atoms with van der Waals surface area (Å²) in [7, 11) is 0. The van der Waals surface area contributed by atoms with E-state index in [-0.39, 0.29) is 16.2 Å². The van der Waals surface area contributed by atoms with Crippen LogP contribution in [-0.2, 0) is 16.2 Å². The Kier molecular flexibility index (Phi) is 4.52. The van der Waals surface area contributed by atoms with E-state index in [1.807, 2.05) is 0 Å². The molecule has 210 valence electrons. The van der Waals surface area contributed by atoms with Crippen LogP contribution in [0, 0.1) is 13.8 Å². The second-order valence-corrected chi connectivity index (χ2v) is 15.1. The molecule has 6 aromatic rings. The summed E-state index contributed by atoms with van der Waals surface area (Å²) in [6, 6.07) is 33.2. The van der Waals surface area contributed by atoms with Crippen molar-refractivity contribution in [3.8, 4) is 33.4 Å². The summed E-state index contributed by atoms with van der Waals surface area (Å²) in [4.78, 5) is 0. The van der Waals surface area contributed by atoms with Crippen molar-refractivity contribution in [3.63, 3.8) is 0 Å². The van der Waals surface area contributed by atoms with E-state index in [4.69, 9.17) is 0 Å². The highest BCUT2D eigenvalue weighted by Crippen LogP contribution is 2.60. The van der Waals surface area contributed by atoms with E-state index in [1.165, 1.54) is 99.4 Å². The van der Waals surface area contributed by atoms with E-state index in [2.05, 4.69) is 140 Å². The fourth-order valence-electron chi connectivity index (χ4n) is 9.24. The number of rotatable bonds is 0. The summed E-state index contributed by atoms with van der Waals surface area (Å²) in [6.07, 6.45) is 0. The van der Waals surface area contributed by atoms with E-state index < -0.39 is 0 Å². The van der Waals surface area contributed by atoms with Crippen molar-refractivity contribution in [1.29, 1.82) is 0 Å². The van der Waals surface area contributed by atoms with Gasteiger partial charge in [0.05, 0.1) is 0 Å². The molecule has 0 bridgehead atoms. The maximum absolute atomic E-state index is 2.57. The molecule has 0 saturated carbocycles. The predicted octanol–water partition coefficient (Wildman–Crippen LogP) is 11.5. The minimum Gasteiger partial charge on any atom is -0.0616 e. The minimum absolute atomic E-state index is 0.0515. The molecule has 6 aromatic carbocycles. The predicted molar refractivity (Wildman–Crippen MR) is 184 cm³/mol. The van der Waals surface area contributed by atoms with E-state index in [1.54, 1.807) is 0 Å². The van der Waals surface area contributed by atoms with Crippen molar-refractivity contribution in [2.45, 2.75) is 71.6 Å². The molecule has 0 atom stereocenters. The van der Waals surface area contributed by atoms with Crippen LogP contribution in [0.5, 0.6) is 0 Å². The van der Waals surface area contributed by atoms with Gasteiger partial charge in [0.25, 0.3) is 0 Å². The molecule has 0 spiro atoms. The summed E-state index contributed by atoms with van der Waals surface area (Å²) >= 11 is 0. The van der Waals surface area contributed by atoms with Crippen molar-refractivity contribution in [2.75, 3.05) is 0 Å². The van der Waals surface area contributed by atoms with E-state index >= 15 is 0 Å². The van der Waals surface area contributed by atoms with E-state index in [9.17, 15) is 0 Å². The zero-order chi connectivity index (χ0) is 29.8. The topological polar surface area (TPSA) is 0 Å². The average molecular weight is 555 g/mol. The molecule has 0 fully saturated rings. The largest absolute Gasteiger partial charge is 0.0616 e. The first kappa shape index (κ1) is 25.3. The van der Waals surface area contributed by atoms with Gasteiger partial charge in [-0.3, -0.25) is 0 Å². The first-order valence-electron chi connectivity index (χ1n) is 15.9. The van der Waals surface area contributed by atoms with Gasteiger partial charge in [-0.15, -0.1) is 0 Å².